The Bertz CT molecular complexity index is 1340. The van der Waals surface area contributed by atoms with Crippen molar-refractivity contribution in [3.63, 3.8) is 0 Å². The summed E-state index contributed by atoms with van der Waals surface area (Å²) >= 11 is 0. The normalized spacial score (nSPS) is 10.6. The molecule has 0 radical (unpaired) electrons. The number of amidine groups is 1. The van der Waals surface area contributed by atoms with Gasteiger partial charge in [-0.25, -0.2) is 4.98 Å². The van der Waals surface area contributed by atoms with Crippen molar-refractivity contribution < 1.29 is 14.7 Å². The van der Waals surface area contributed by atoms with Gasteiger partial charge in [0.05, 0.1) is 5.69 Å². The number of hydrogen-bond donors (Lipinski definition) is 5. The van der Waals surface area contributed by atoms with E-state index in [0.717, 1.165) is 22.4 Å². The molecule has 1 amide bonds. The SMILES string of the molecule is N=C(N)c1ccc(-c2c[nH]c(-c3ccc(CCC(=O)O)c(NC(=O)c4ccccc4)c3)n2)cc1. The third-order valence-electron chi connectivity index (χ3n) is 5.35. The van der Waals surface area contributed by atoms with Gasteiger partial charge in [-0.2, -0.15) is 0 Å². The zero-order chi connectivity index (χ0) is 24.1. The number of nitrogens with two attached hydrogens (primary N) is 1. The summed E-state index contributed by atoms with van der Waals surface area (Å²) in [5, 5.41) is 19.5. The highest BCUT2D eigenvalue weighted by Crippen LogP contribution is 2.28. The molecular weight excluding hydrogens is 430 g/mol. The second-order valence-corrected chi connectivity index (χ2v) is 7.71. The zero-order valence-electron chi connectivity index (χ0n) is 18.2. The minimum absolute atomic E-state index is 0.00216. The number of carboxylic acid groups (broad SMARTS) is 1. The van der Waals surface area contributed by atoms with E-state index in [1.54, 1.807) is 48.7 Å². The maximum atomic E-state index is 12.7. The second-order valence-electron chi connectivity index (χ2n) is 7.71. The van der Waals surface area contributed by atoms with Crippen molar-refractivity contribution in [2.75, 3.05) is 5.32 Å². The molecule has 170 valence electrons. The molecule has 0 aliphatic heterocycles. The number of amides is 1. The Kier molecular flexibility index (Phi) is 6.49. The fraction of sp³-hybridized carbons (Fsp3) is 0.0769. The summed E-state index contributed by atoms with van der Waals surface area (Å²) in [6, 6.07) is 21.5. The average Bonchev–Trinajstić information content (AvgIpc) is 3.34. The van der Waals surface area contributed by atoms with Crippen LogP contribution in [0.5, 0.6) is 0 Å². The van der Waals surface area contributed by atoms with Crippen LogP contribution in [0.2, 0.25) is 0 Å². The summed E-state index contributed by atoms with van der Waals surface area (Å²) < 4.78 is 0. The first-order valence-electron chi connectivity index (χ1n) is 10.6. The van der Waals surface area contributed by atoms with Gasteiger partial charge in [-0.1, -0.05) is 54.6 Å². The monoisotopic (exact) mass is 453 g/mol. The van der Waals surface area contributed by atoms with Gasteiger partial charge >= 0.3 is 5.97 Å². The van der Waals surface area contributed by atoms with Gasteiger partial charge in [0.2, 0.25) is 0 Å². The number of aromatic amines is 1. The number of carbonyl (C=O) groups is 2. The predicted molar refractivity (Wildman–Crippen MR) is 131 cm³/mol. The number of aromatic nitrogens is 2. The highest BCUT2D eigenvalue weighted by molar-refractivity contribution is 6.05. The second kappa shape index (κ2) is 9.83. The number of hydrogen-bond acceptors (Lipinski definition) is 4. The third kappa shape index (κ3) is 5.18. The van der Waals surface area contributed by atoms with Crippen LogP contribution in [0.25, 0.3) is 22.6 Å². The Hall–Kier alpha value is -4.72. The summed E-state index contributed by atoms with van der Waals surface area (Å²) in [6.45, 7) is 0. The number of carbonyl (C=O) groups excluding carboxylic acids is 1. The van der Waals surface area contributed by atoms with Gasteiger partial charge < -0.3 is 21.1 Å². The first-order valence-corrected chi connectivity index (χ1v) is 10.6. The van der Waals surface area contributed by atoms with Gasteiger partial charge in [0, 0.05) is 40.6 Å². The zero-order valence-corrected chi connectivity index (χ0v) is 18.2. The summed E-state index contributed by atoms with van der Waals surface area (Å²) in [4.78, 5) is 31.6. The number of carboxylic acids is 1. The third-order valence-corrected chi connectivity index (χ3v) is 5.35. The number of rotatable bonds is 8. The van der Waals surface area contributed by atoms with Gasteiger partial charge in [0.25, 0.3) is 5.91 Å². The number of benzene rings is 3. The van der Waals surface area contributed by atoms with E-state index in [0.29, 0.717) is 22.6 Å². The van der Waals surface area contributed by atoms with Crippen molar-refractivity contribution in [1.29, 1.82) is 5.41 Å². The summed E-state index contributed by atoms with van der Waals surface area (Å²) in [5.74, 6) is -0.580. The van der Waals surface area contributed by atoms with E-state index in [2.05, 4.69) is 15.3 Å². The fourth-order valence-electron chi connectivity index (χ4n) is 3.52. The Balaban J connectivity index is 1.63. The van der Waals surface area contributed by atoms with Gasteiger partial charge in [0.1, 0.15) is 11.7 Å². The number of anilines is 1. The molecule has 0 fully saturated rings. The molecule has 34 heavy (non-hydrogen) atoms. The quantitative estimate of drug-likeness (QED) is 0.199. The number of H-pyrrole nitrogens is 1. The van der Waals surface area contributed by atoms with E-state index in [9.17, 15) is 9.59 Å². The summed E-state index contributed by atoms with van der Waals surface area (Å²) in [7, 11) is 0. The first kappa shape index (κ1) is 22.5. The molecule has 0 saturated carbocycles. The van der Waals surface area contributed by atoms with E-state index in [4.69, 9.17) is 16.2 Å². The molecule has 4 rings (SSSR count). The minimum Gasteiger partial charge on any atom is -0.481 e. The Morgan fingerprint density at radius 3 is 2.35 bits per heavy atom. The molecule has 6 N–H and O–H groups in total. The number of nitrogens with one attached hydrogen (secondary N) is 3. The number of nitrogen functional groups attached to an aromatic ring is 1. The van der Waals surface area contributed by atoms with Crippen LogP contribution in [-0.4, -0.2) is 32.8 Å². The molecule has 0 unspecified atom stereocenters. The van der Waals surface area contributed by atoms with E-state index >= 15 is 0 Å². The molecule has 8 nitrogen and oxygen atoms in total. The predicted octanol–water partition coefficient (Wildman–Crippen LogP) is 4.30. The molecule has 0 spiro atoms. The van der Waals surface area contributed by atoms with E-state index in [-0.39, 0.29) is 24.6 Å². The van der Waals surface area contributed by atoms with Crippen LogP contribution < -0.4 is 11.1 Å². The highest BCUT2D eigenvalue weighted by atomic mass is 16.4. The molecule has 4 aromatic rings. The van der Waals surface area contributed by atoms with Gasteiger partial charge in [-0.05, 0) is 30.2 Å². The topological polar surface area (TPSA) is 145 Å². The molecule has 1 aromatic heterocycles. The lowest BCUT2D eigenvalue weighted by Crippen LogP contribution is -2.13. The Morgan fingerprint density at radius 2 is 1.68 bits per heavy atom. The van der Waals surface area contributed by atoms with Crippen molar-refractivity contribution in [3.8, 4) is 22.6 Å². The number of aliphatic carboxylic acids is 1. The van der Waals surface area contributed by atoms with Gasteiger partial charge in [-0.3, -0.25) is 15.0 Å². The van der Waals surface area contributed by atoms with E-state index in [1.807, 2.05) is 30.3 Å². The van der Waals surface area contributed by atoms with Crippen LogP contribution in [0, 0.1) is 5.41 Å². The van der Waals surface area contributed by atoms with Crippen molar-refractivity contribution in [2.24, 2.45) is 5.73 Å². The van der Waals surface area contributed by atoms with E-state index in [1.165, 1.54) is 0 Å². The van der Waals surface area contributed by atoms with Crippen molar-refractivity contribution in [2.45, 2.75) is 12.8 Å². The standard InChI is InChI=1S/C26H23N5O3/c27-24(28)18-9-6-17(7-10-18)22-15-29-25(30-22)20-11-8-16(12-13-23(32)33)21(14-20)31-26(34)19-4-2-1-3-5-19/h1-11,14-15H,12-13H2,(H3,27,28)(H,29,30)(H,31,34)(H,32,33). The molecule has 0 aliphatic rings. The summed E-state index contributed by atoms with van der Waals surface area (Å²) in [6.07, 6.45) is 2.01. The van der Waals surface area contributed by atoms with Crippen molar-refractivity contribution in [3.05, 3.63) is 95.7 Å². The molecule has 8 heteroatoms. The lowest BCUT2D eigenvalue weighted by atomic mass is 10.0. The summed E-state index contributed by atoms with van der Waals surface area (Å²) in [5.41, 5.74) is 10.2. The number of aryl methyl sites for hydroxylation is 1. The minimum atomic E-state index is -0.907. The number of imidazole rings is 1. The highest BCUT2D eigenvalue weighted by Gasteiger charge is 2.14. The molecule has 1 heterocycles. The molecule has 0 bridgehead atoms. The smallest absolute Gasteiger partial charge is 0.303 e. The van der Waals surface area contributed by atoms with Crippen LogP contribution in [0.4, 0.5) is 5.69 Å². The molecule has 3 aromatic carbocycles. The Labute approximate surface area is 196 Å². The maximum Gasteiger partial charge on any atom is 0.303 e. The Morgan fingerprint density at radius 1 is 0.971 bits per heavy atom. The molecule has 0 aliphatic carbocycles. The van der Waals surface area contributed by atoms with Gasteiger partial charge in [-0.15, -0.1) is 0 Å². The number of nitrogens with zero attached hydrogens (tertiary/aromatic N) is 1. The van der Waals surface area contributed by atoms with Crippen molar-refractivity contribution >= 4 is 23.4 Å². The molecular formula is C26H23N5O3. The fourth-order valence-corrected chi connectivity index (χ4v) is 3.52. The lowest BCUT2D eigenvalue weighted by Gasteiger charge is -2.12. The average molecular weight is 454 g/mol. The van der Waals surface area contributed by atoms with Gasteiger partial charge in [0.15, 0.2) is 0 Å². The van der Waals surface area contributed by atoms with Crippen LogP contribution >= 0.6 is 0 Å². The molecule has 0 atom stereocenters. The van der Waals surface area contributed by atoms with Crippen LogP contribution in [0.3, 0.4) is 0 Å². The largest absolute Gasteiger partial charge is 0.481 e. The van der Waals surface area contributed by atoms with Crippen LogP contribution in [0.1, 0.15) is 27.9 Å². The van der Waals surface area contributed by atoms with E-state index < -0.39 is 5.97 Å². The first-order chi connectivity index (χ1) is 16.4. The molecule has 0 saturated heterocycles. The van der Waals surface area contributed by atoms with Crippen LogP contribution in [-0.2, 0) is 11.2 Å². The maximum absolute atomic E-state index is 12.7. The lowest BCUT2D eigenvalue weighted by molar-refractivity contribution is -0.136. The van der Waals surface area contributed by atoms with Crippen LogP contribution in [0.15, 0.2) is 79.0 Å². The van der Waals surface area contributed by atoms with Crippen molar-refractivity contribution in [1.82, 2.24) is 9.97 Å².